The Labute approximate surface area is 151 Å². The average molecular weight is 366 g/mol. The summed E-state index contributed by atoms with van der Waals surface area (Å²) in [6, 6.07) is 9.41. The molecule has 0 spiro atoms. The normalized spacial score (nSPS) is 11.0. The summed E-state index contributed by atoms with van der Waals surface area (Å²) in [5, 5.41) is 12.8. The van der Waals surface area contributed by atoms with Crippen LogP contribution in [0.1, 0.15) is 32.7 Å². The first-order chi connectivity index (χ1) is 13.1. The van der Waals surface area contributed by atoms with Crippen molar-refractivity contribution in [3.63, 3.8) is 0 Å². The number of primary amides is 1. The number of H-pyrrole nitrogens is 1. The van der Waals surface area contributed by atoms with Gasteiger partial charge in [-0.05, 0) is 18.2 Å². The molecule has 0 aliphatic heterocycles. The molecule has 136 valence electrons. The number of hydrogen-bond donors (Lipinski definition) is 3. The van der Waals surface area contributed by atoms with Crippen LogP contribution < -0.4 is 11.1 Å². The van der Waals surface area contributed by atoms with E-state index in [1.165, 1.54) is 0 Å². The van der Waals surface area contributed by atoms with Crippen LogP contribution in [0.2, 0.25) is 0 Å². The van der Waals surface area contributed by atoms with E-state index in [1.807, 2.05) is 28.8 Å². The number of para-hydroxylation sites is 2. The molecule has 0 fully saturated rings. The first kappa shape index (κ1) is 16.4. The molecule has 1 aromatic carbocycles. The molecule has 3 heterocycles. The summed E-state index contributed by atoms with van der Waals surface area (Å²) in [6.07, 6.45) is 1.73. The van der Waals surface area contributed by atoms with E-state index < -0.39 is 11.8 Å². The number of aromatic amines is 1. The molecule has 11 heteroatoms. The minimum absolute atomic E-state index is 0.0482. The summed E-state index contributed by atoms with van der Waals surface area (Å²) in [5.74, 6) is -1.40. The Hall–Kier alpha value is -4.02. The second kappa shape index (κ2) is 6.71. The molecular weight excluding hydrogens is 352 g/mol. The van der Waals surface area contributed by atoms with E-state index in [1.54, 1.807) is 12.4 Å². The molecule has 27 heavy (non-hydrogen) atoms. The van der Waals surface area contributed by atoms with E-state index in [2.05, 4.69) is 30.6 Å². The van der Waals surface area contributed by atoms with Crippen LogP contribution in [0, 0.1) is 0 Å². The predicted molar refractivity (Wildman–Crippen MR) is 91.4 cm³/mol. The number of rotatable bonds is 6. The van der Waals surface area contributed by atoms with Gasteiger partial charge in [0.1, 0.15) is 5.69 Å². The smallest absolute Gasteiger partial charge is 0.290 e. The van der Waals surface area contributed by atoms with Crippen LogP contribution in [0.3, 0.4) is 0 Å². The van der Waals surface area contributed by atoms with Gasteiger partial charge in [0.05, 0.1) is 36.1 Å². The van der Waals surface area contributed by atoms with Gasteiger partial charge in [0.25, 0.3) is 17.6 Å². The van der Waals surface area contributed by atoms with Gasteiger partial charge in [-0.25, -0.2) is 4.98 Å². The number of nitrogens with one attached hydrogen (secondary N) is 2. The molecule has 0 saturated heterocycles. The molecule has 0 bridgehead atoms. The van der Waals surface area contributed by atoms with E-state index >= 15 is 0 Å². The van der Waals surface area contributed by atoms with E-state index in [4.69, 9.17) is 10.3 Å². The lowest BCUT2D eigenvalue weighted by atomic mass is 10.3. The molecule has 0 unspecified atom stereocenters. The maximum absolute atomic E-state index is 12.2. The third-order valence-corrected chi connectivity index (χ3v) is 3.82. The highest BCUT2D eigenvalue weighted by Gasteiger charge is 2.15. The SMILES string of the molecule is NC(=O)c1noc(CNC(=O)c2cc(Cn3cnc4ccccc43)[nH]n2)n1. The van der Waals surface area contributed by atoms with Crippen LogP contribution in [0.4, 0.5) is 0 Å². The summed E-state index contributed by atoms with van der Waals surface area (Å²) in [5.41, 5.74) is 7.87. The molecule has 4 N–H and O–H groups in total. The zero-order valence-electron chi connectivity index (χ0n) is 13.9. The quantitative estimate of drug-likeness (QED) is 0.440. The molecule has 3 aromatic heterocycles. The standard InChI is InChI=1S/C16H14N8O3/c17-14(25)15-20-13(27-23-15)6-18-16(26)11-5-9(21-22-11)7-24-8-19-10-3-1-2-4-12(10)24/h1-5,8H,6-7H2,(H2,17,25)(H,18,26)(H,21,22). The fourth-order valence-corrected chi connectivity index (χ4v) is 2.55. The second-order valence-electron chi connectivity index (χ2n) is 5.70. The molecule has 4 rings (SSSR count). The van der Waals surface area contributed by atoms with Crippen molar-refractivity contribution in [2.45, 2.75) is 13.1 Å². The van der Waals surface area contributed by atoms with Crippen molar-refractivity contribution in [2.75, 3.05) is 0 Å². The van der Waals surface area contributed by atoms with Crippen LogP contribution in [0.25, 0.3) is 11.0 Å². The molecule has 0 saturated carbocycles. The minimum Gasteiger partial charge on any atom is -0.363 e. The number of fused-ring (bicyclic) bond motifs is 1. The van der Waals surface area contributed by atoms with Crippen molar-refractivity contribution in [1.82, 2.24) is 35.2 Å². The third kappa shape index (κ3) is 3.38. The Morgan fingerprint density at radius 3 is 2.96 bits per heavy atom. The first-order valence-electron chi connectivity index (χ1n) is 7.95. The van der Waals surface area contributed by atoms with Gasteiger partial charge < -0.3 is 20.1 Å². The molecule has 4 aromatic rings. The number of nitrogens with two attached hydrogens (primary N) is 1. The molecule has 0 aliphatic carbocycles. The average Bonchev–Trinajstić information content (AvgIpc) is 3.40. The van der Waals surface area contributed by atoms with Crippen LogP contribution >= 0.6 is 0 Å². The fourth-order valence-electron chi connectivity index (χ4n) is 2.55. The number of aromatic nitrogens is 6. The second-order valence-corrected chi connectivity index (χ2v) is 5.70. The maximum atomic E-state index is 12.2. The highest BCUT2D eigenvalue weighted by molar-refractivity contribution is 5.92. The Morgan fingerprint density at radius 2 is 2.15 bits per heavy atom. The van der Waals surface area contributed by atoms with Crippen molar-refractivity contribution in [2.24, 2.45) is 5.73 Å². The van der Waals surface area contributed by atoms with Crippen LogP contribution in [-0.4, -0.2) is 41.7 Å². The summed E-state index contributed by atoms with van der Waals surface area (Å²) >= 11 is 0. The molecular formula is C16H14N8O3. The maximum Gasteiger partial charge on any atom is 0.290 e. The van der Waals surface area contributed by atoms with Gasteiger partial charge in [-0.2, -0.15) is 10.1 Å². The molecule has 0 atom stereocenters. The molecule has 0 radical (unpaired) electrons. The topological polar surface area (TPSA) is 158 Å². The highest BCUT2D eigenvalue weighted by Crippen LogP contribution is 2.13. The lowest BCUT2D eigenvalue weighted by molar-refractivity contribution is 0.0939. The summed E-state index contributed by atoms with van der Waals surface area (Å²) in [4.78, 5) is 31.2. The van der Waals surface area contributed by atoms with Gasteiger partial charge in [-0.3, -0.25) is 14.7 Å². The van der Waals surface area contributed by atoms with Gasteiger partial charge in [-0.15, -0.1) is 0 Å². The van der Waals surface area contributed by atoms with E-state index in [0.717, 1.165) is 16.7 Å². The van der Waals surface area contributed by atoms with Crippen molar-refractivity contribution in [1.29, 1.82) is 0 Å². The highest BCUT2D eigenvalue weighted by atomic mass is 16.5. The number of amides is 2. The van der Waals surface area contributed by atoms with Crippen molar-refractivity contribution >= 4 is 22.8 Å². The Balaban J connectivity index is 1.41. The summed E-state index contributed by atoms with van der Waals surface area (Å²) < 4.78 is 6.77. The Morgan fingerprint density at radius 1 is 1.30 bits per heavy atom. The summed E-state index contributed by atoms with van der Waals surface area (Å²) in [6.45, 7) is 0.444. The number of carbonyl (C=O) groups excluding carboxylic acids is 2. The largest absolute Gasteiger partial charge is 0.363 e. The first-order valence-corrected chi connectivity index (χ1v) is 7.95. The fraction of sp³-hybridized carbons (Fsp3) is 0.125. The number of benzene rings is 1. The number of imidazole rings is 1. The number of carbonyl (C=O) groups is 2. The lowest BCUT2D eigenvalue weighted by Crippen LogP contribution is -2.23. The van der Waals surface area contributed by atoms with Gasteiger partial charge in [0, 0.05) is 0 Å². The van der Waals surface area contributed by atoms with Gasteiger partial charge >= 0.3 is 0 Å². The monoisotopic (exact) mass is 366 g/mol. The lowest BCUT2D eigenvalue weighted by Gasteiger charge is -2.01. The Bertz CT molecular complexity index is 1130. The van der Waals surface area contributed by atoms with Crippen molar-refractivity contribution in [3.05, 3.63) is 59.8 Å². The van der Waals surface area contributed by atoms with Gasteiger partial charge in [0.2, 0.25) is 5.89 Å². The zero-order valence-corrected chi connectivity index (χ0v) is 13.9. The molecule has 11 nitrogen and oxygen atoms in total. The molecule has 0 aliphatic rings. The zero-order chi connectivity index (χ0) is 18.8. The predicted octanol–water partition coefficient (Wildman–Crippen LogP) is 0.220. The molecule has 2 amide bonds. The minimum atomic E-state index is -0.805. The van der Waals surface area contributed by atoms with Crippen molar-refractivity contribution in [3.8, 4) is 0 Å². The van der Waals surface area contributed by atoms with Crippen molar-refractivity contribution < 1.29 is 14.1 Å². The number of nitrogens with zero attached hydrogens (tertiary/aromatic N) is 5. The Kier molecular flexibility index (Phi) is 4.09. The van der Waals surface area contributed by atoms with Crippen LogP contribution in [-0.2, 0) is 13.1 Å². The van der Waals surface area contributed by atoms with Gasteiger partial charge in [0.15, 0.2) is 0 Å². The van der Waals surface area contributed by atoms with Crippen LogP contribution in [0.15, 0.2) is 41.2 Å². The summed E-state index contributed by atoms with van der Waals surface area (Å²) in [7, 11) is 0. The van der Waals surface area contributed by atoms with E-state index in [9.17, 15) is 9.59 Å². The number of hydrogen-bond acceptors (Lipinski definition) is 7. The van der Waals surface area contributed by atoms with E-state index in [0.29, 0.717) is 6.54 Å². The van der Waals surface area contributed by atoms with Gasteiger partial charge in [-0.1, -0.05) is 17.3 Å². The van der Waals surface area contributed by atoms with Crippen LogP contribution in [0.5, 0.6) is 0 Å². The van der Waals surface area contributed by atoms with E-state index in [-0.39, 0.29) is 24.0 Å². The third-order valence-electron chi connectivity index (χ3n) is 3.82.